The van der Waals surface area contributed by atoms with Crippen LogP contribution in [0.25, 0.3) is 0 Å². The predicted molar refractivity (Wildman–Crippen MR) is 31.6 cm³/mol. The highest BCUT2D eigenvalue weighted by molar-refractivity contribution is 4.63. The zero-order valence-corrected chi connectivity index (χ0v) is 4.56. The lowest BCUT2D eigenvalue weighted by Crippen LogP contribution is -2.02. The van der Waals surface area contributed by atoms with E-state index < -0.39 is 0 Å². The molecule has 0 saturated carbocycles. The van der Waals surface area contributed by atoms with Gasteiger partial charge in [-0.15, -0.1) is 0 Å². The van der Waals surface area contributed by atoms with Crippen molar-refractivity contribution < 1.29 is 0 Å². The molecule has 0 spiro atoms. The van der Waals surface area contributed by atoms with Crippen LogP contribution in [-0.2, 0) is 0 Å². The SMILES string of the molecule is NCC[CH]CCN. The highest BCUT2D eigenvalue weighted by atomic mass is 14.5. The van der Waals surface area contributed by atoms with E-state index in [-0.39, 0.29) is 0 Å². The van der Waals surface area contributed by atoms with Crippen LogP contribution in [-0.4, -0.2) is 13.1 Å². The van der Waals surface area contributed by atoms with E-state index in [2.05, 4.69) is 6.42 Å². The van der Waals surface area contributed by atoms with E-state index in [4.69, 9.17) is 11.5 Å². The molecule has 0 aromatic heterocycles. The summed E-state index contributed by atoms with van der Waals surface area (Å²) in [5.41, 5.74) is 10.4. The molecule has 43 valence electrons. The summed E-state index contributed by atoms with van der Waals surface area (Å²) in [7, 11) is 0. The van der Waals surface area contributed by atoms with Crippen molar-refractivity contribution in [2.24, 2.45) is 11.5 Å². The Morgan fingerprint density at radius 2 is 1.43 bits per heavy atom. The quantitative estimate of drug-likeness (QED) is 0.485. The van der Waals surface area contributed by atoms with Gasteiger partial charge in [0.05, 0.1) is 0 Å². The topological polar surface area (TPSA) is 52.0 Å². The van der Waals surface area contributed by atoms with Crippen LogP contribution in [0.5, 0.6) is 0 Å². The van der Waals surface area contributed by atoms with Crippen molar-refractivity contribution in [2.45, 2.75) is 12.8 Å². The molecule has 0 aliphatic carbocycles. The van der Waals surface area contributed by atoms with Crippen molar-refractivity contribution in [3.05, 3.63) is 6.42 Å². The van der Waals surface area contributed by atoms with Gasteiger partial charge in [-0.2, -0.15) is 0 Å². The molecule has 4 N–H and O–H groups in total. The van der Waals surface area contributed by atoms with E-state index in [9.17, 15) is 0 Å². The van der Waals surface area contributed by atoms with Gasteiger partial charge in [-0.3, -0.25) is 0 Å². The third-order valence-corrected chi connectivity index (χ3v) is 0.742. The van der Waals surface area contributed by atoms with Crippen LogP contribution in [0.15, 0.2) is 0 Å². The molecule has 2 heteroatoms. The van der Waals surface area contributed by atoms with Gasteiger partial charge in [-0.25, -0.2) is 0 Å². The van der Waals surface area contributed by atoms with Crippen molar-refractivity contribution in [1.29, 1.82) is 0 Å². The fourth-order valence-electron chi connectivity index (χ4n) is 0.380. The largest absolute Gasteiger partial charge is 0.330 e. The van der Waals surface area contributed by atoms with Crippen LogP contribution < -0.4 is 11.5 Å². The number of hydrogen-bond acceptors (Lipinski definition) is 2. The Balaban J connectivity index is 2.45. The standard InChI is InChI=1S/C5H13N2/c6-4-2-1-3-5-7/h1H,2-7H2. The van der Waals surface area contributed by atoms with Gasteiger partial charge in [0.2, 0.25) is 0 Å². The third-order valence-electron chi connectivity index (χ3n) is 0.742. The average Bonchev–Trinajstić information content (AvgIpc) is 1.69. The lowest BCUT2D eigenvalue weighted by atomic mass is 10.2. The highest BCUT2D eigenvalue weighted by Gasteiger charge is 1.80. The lowest BCUT2D eigenvalue weighted by molar-refractivity contribution is 0.843. The summed E-state index contributed by atoms with van der Waals surface area (Å²) in [5.74, 6) is 0. The molecule has 0 heterocycles. The van der Waals surface area contributed by atoms with Gasteiger partial charge < -0.3 is 11.5 Å². The van der Waals surface area contributed by atoms with Gasteiger partial charge in [0.1, 0.15) is 0 Å². The minimum absolute atomic E-state index is 0.750. The van der Waals surface area contributed by atoms with Crippen LogP contribution in [0.2, 0.25) is 0 Å². The number of rotatable bonds is 4. The summed E-state index contributed by atoms with van der Waals surface area (Å²) in [6, 6.07) is 0. The van der Waals surface area contributed by atoms with Gasteiger partial charge in [0, 0.05) is 0 Å². The van der Waals surface area contributed by atoms with Crippen molar-refractivity contribution in [3.63, 3.8) is 0 Å². The molecule has 0 amide bonds. The Bertz CT molecular complexity index is 25.3. The number of nitrogens with two attached hydrogens (primary N) is 2. The maximum atomic E-state index is 5.20. The minimum atomic E-state index is 0.750. The zero-order chi connectivity index (χ0) is 5.54. The average molecular weight is 101 g/mol. The Labute approximate surface area is 44.9 Å². The lowest BCUT2D eigenvalue weighted by Gasteiger charge is -1.90. The first-order chi connectivity index (χ1) is 3.41. The molecule has 0 aliphatic rings. The van der Waals surface area contributed by atoms with Crippen LogP contribution in [0.1, 0.15) is 12.8 Å². The zero-order valence-electron chi connectivity index (χ0n) is 4.56. The fourth-order valence-corrected chi connectivity index (χ4v) is 0.380. The first kappa shape index (κ1) is 6.92. The van der Waals surface area contributed by atoms with E-state index >= 15 is 0 Å². The molecule has 2 nitrogen and oxygen atoms in total. The monoisotopic (exact) mass is 101 g/mol. The molecule has 0 aromatic carbocycles. The van der Waals surface area contributed by atoms with Gasteiger partial charge in [0.25, 0.3) is 0 Å². The molecule has 0 atom stereocenters. The minimum Gasteiger partial charge on any atom is -0.330 e. The fraction of sp³-hybridized carbons (Fsp3) is 0.800. The molecule has 0 saturated heterocycles. The van der Waals surface area contributed by atoms with E-state index in [0.29, 0.717) is 0 Å². The van der Waals surface area contributed by atoms with Crippen molar-refractivity contribution in [3.8, 4) is 0 Å². The molecule has 0 unspecified atom stereocenters. The maximum Gasteiger partial charge on any atom is -0.00745 e. The molecule has 1 radical (unpaired) electrons. The van der Waals surface area contributed by atoms with E-state index in [1.807, 2.05) is 0 Å². The van der Waals surface area contributed by atoms with Crippen LogP contribution >= 0.6 is 0 Å². The van der Waals surface area contributed by atoms with Crippen LogP contribution in [0.4, 0.5) is 0 Å². The highest BCUT2D eigenvalue weighted by Crippen LogP contribution is 1.86. The van der Waals surface area contributed by atoms with E-state index in [1.165, 1.54) is 0 Å². The molecule has 0 aromatic rings. The van der Waals surface area contributed by atoms with Gasteiger partial charge in [-0.1, -0.05) is 0 Å². The molecular formula is C5H13N2. The van der Waals surface area contributed by atoms with Gasteiger partial charge in [-0.05, 0) is 32.4 Å². The first-order valence-corrected chi connectivity index (χ1v) is 2.63. The van der Waals surface area contributed by atoms with Gasteiger partial charge >= 0.3 is 0 Å². The molecule has 0 rings (SSSR count). The third kappa shape index (κ3) is 5.92. The van der Waals surface area contributed by atoms with E-state index in [0.717, 1.165) is 25.9 Å². The normalized spacial score (nSPS) is 9.43. The smallest absolute Gasteiger partial charge is 0.00745 e. The summed E-state index contributed by atoms with van der Waals surface area (Å²) in [4.78, 5) is 0. The second kappa shape index (κ2) is 5.92. The number of unbranched alkanes of at least 4 members (excludes halogenated alkanes) is 2. The molecule has 7 heavy (non-hydrogen) atoms. The molecule has 0 bridgehead atoms. The van der Waals surface area contributed by atoms with Crippen LogP contribution in [0, 0.1) is 6.42 Å². The summed E-state index contributed by atoms with van der Waals surface area (Å²) >= 11 is 0. The Morgan fingerprint density at radius 1 is 1.00 bits per heavy atom. The second-order valence-electron chi connectivity index (χ2n) is 1.44. The van der Waals surface area contributed by atoms with Crippen LogP contribution in [0.3, 0.4) is 0 Å². The number of hydrogen-bond donors (Lipinski definition) is 2. The molecule has 0 fully saturated rings. The Hall–Kier alpha value is -0.0800. The predicted octanol–water partition coefficient (Wildman–Crippen LogP) is -0.112. The molecule has 0 aliphatic heterocycles. The van der Waals surface area contributed by atoms with Gasteiger partial charge in [0.15, 0.2) is 0 Å². The maximum absolute atomic E-state index is 5.20. The Morgan fingerprint density at radius 3 is 1.71 bits per heavy atom. The van der Waals surface area contributed by atoms with Crippen molar-refractivity contribution >= 4 is 0 Å². The summed E-state index contributed by atoms with van der Waals surface area (Å²) in [6.45, 7) is 1.50. The Kier molecular flexibility index (Phi) is 5.85. The van der Waals surface area contributed by atoms with E-state index in [1.54, 1.807) is 0 Å². The van der Waals surface area contributed by atoms with Crippen molar-refractivity contribution in [1.82, 2.24) is 0 Å². The summed E-state index contributed by atoms with van der Waals surface area (Å²) in [5, 5.41) is 0. The second-order valence-corrected chi connectivity index (χ2v) is 1.44. The summed E-state index contributed by atoms with van der Waals surface area (Å²) < 4.78 is 0. The van der Waals surface area contributed by atoms with Crippen molar-refractivity contribution in [2.75, 3.05) is 13.1 Å². The molecular weight excluding hydrogens is 88.1 g/mol. The summed E-state index contributed by atoms with van der Waals surface area (Å²) in [6.07, 6.45) is 4.11. The first-order valence-electron chi connectivity index (χ1n) is 2.63.